The number of hydrogen-bond acceptors (Lipinski definition) is 2. The highest BCUT2D eigenvalue weighted by Crippen LogP contribution is 2.09. The summed E-state index contributed by atoms with van der Waals surface area (Å²) in [4.78, 5) is 14.7. The monoisotopic (exact) mass is 210 g/mol. The molecule has 1 aromatic rings. The van der Waals surface area contributed by atoms with Crippen LogP contribution >= 0.6 is 0 Å². The minimum absolute atomic E-state index is 0.0904. The van der Waals surface area contributed by atoms with E-state index in [9.17, 15) is 13.6 Å². The van der Waals surface area contributed by atoms with E-state index in [4.69, 9.17) is 0 Å². The predicted octanol–water partition coefficient (Wildman–Crippen LogP) is 1.04. The first-order chi connectivity index (χ1) is 7.13. The molecule has 0 atom stereocenters. The van der Waals surface area contributed by atoms with Crippen LogP contribution in [0.15, 0.2) is 23.2 Å². The van der Waals surface area contributed by atoms with Crippen molar-refractivity contribution in [3.05, 3.63) is 35.4 Å². The predicted molar refractivity (Wildman–Crippen MR) is 50.5 cm³/mol. The Morgan fingerprint density at radius 3 is 2.47 bits per heavy atom. The molecule has 0 radical (unpaired) electrons. The summed E-state index contributed by atoms with van der Waals surface area (Å²) < 4.78 is 25.6. The zero-order chi connectivity index (χ0) is 10.8. The third-order valence-corrected chi connectivity index (χ3v) is 1.99. The number of amidine groups is 1. The average Bonchev–Trinajstić information content (AvgIpc) is 2.49. The van der Waals surface area contributed by atoms with Gasteiger partial charge in [0.05, 0.1) is 0 Å². The van der Waals surface area contributed by atoms with E-state index in [1.807, 2.05) is 0 Å². The molecule has 2 rings (SSSR count). The number of rotatable bonds is 2. The van der Waals surface area contributed by atoms with Gasteiger partial charge in [0.2, 0.25) is 5.91 Å². The lowest BCUT2D eigenvalue weighted by atomic mass is 10.1. The highest BCUT2D eigenvalue weighted by Gasteiger charge is 2.13. The van der Waals surface area contributed by atoms with Crippen molar-refractivity contribution in [1.29, 1.82) is 0 Å². The normalized spacial score (nSPS) is 15.1. The van der Waals surface area contributed by atoms with Crippen LogP contribution in [0.2, 0.25) is 0 Å². The van der Waals surface area contributed by atoms with Crippen molar-refractivity contribution in [2.24, 2.45) is 4.99 Å². The fourth-order valence-electron chi connectivity index (χ4n) is 1.41. The number of amides is 1. The molecule has 3 nitrogen and oxygen atoms in total. The maximum absolute atomic E-state index is 12.8. The second kappa shape index (κ2) is 3.76. The van der Waals surface area contributed by atoms with Crippen LogP contribution in [0.4, 0.5) is 8.78 Å². The molecule has 78 valence electrons. The van der Waals surface area contributed by atoms with Gasteiger partial charge in [-0.3, -0.25) is 9.79 Å². The minimum atomic E-state index is -0.630. The molecular formula is C10H8F2N2O. The molecule has 1 aliphatic heterocycles. The van der Waals surface area contributed by atoms with Crippen molar-refractivity contribution in [3.63, 3.8) is 0 Å². The number of carbonyl (C=O) groups excluding carboxylic acids is 1. The molecule has 1 heterocycles. The Balaban J connectivity index is 2.14. The number of halogens is 2. The molecule has 0 aromatic heterocycles. The molecule has 1 aliphatic rings. The van der Waals surface area contributed by atoms with Crippen LogP contribution in [0.25, 0.3) is 0 Å². The molecule has 0 saturated carbocycles. The fourth-order valence-corrected chi connectivity index (χ4v) is 1.41. The van der Waals surface area contributed by atoms with Crippen LogP contribution in [0, 0.1) is 11.6 Å². The Labute approximate surface area is 84.8 Å². The lowest BCUT2D eigenvalue weighted by molar-refractivity contribution is -0.117. The summed E-state index contributed by atoms with van der Waals surface area (Å²) in [5.74, 6) is -1.00. The molecule has 5 heteroatoms. The van der Waals surface area contributed by atoms with E-state index >= 15 is 0 Å². The lowest BCUT2D eigenvalue weighted by Crippen LogP contribution is -2.26. The second-order valence-corrected chi connectivity index (χ2v) is 3.27. The molecule has 0 aliphatic carbocycles. The van der Waals surface area contributed by atoms with E-state index in [0.717, 1.165) is 6.07 Å². The zero-order valence-electron chi connectivity index (χ0n) is 7.76. The van der Waals surface area contributed by atoms with Crippen molar-refractivity contribution in [3.8, 4) is 0 Å². The average molecular weight is 210 g/mol. The van der Waals surface area contributed by atoms with Gasteiger partial charge in [-0.2, -0.15) is 0 Å². The second-order valence-electron chi connectivity index (χ2n) is 3.27. The van der Waals surface area contributed by atoms with Crippen LogP contribution in [-0.2, 0) is 11.2 Å². The Hall–Kier alpha value is -1.78. The number of hydrogen-bond donors (Lipinski definition) is 1. The number of nitrogens with zero attached hydrogens (tertiary/aromatic N) is 1. The largest absolute Gasteiger partial charge is 0.313 e. The Morgan fingerprint density at radius 2 is 1.93 bits per heavy atom. The summed E-state index contributed by atoms with van der Waals surface area (Å²) in [6.45, 7) is 0.0904. The molecule has 0 bridgehead atoms. The summed E-state index contributed by atoms with van der Waals surface area (Å²) >= 11 is 0. The third-order valence-electron chi connectivity index (χ3n) is 1.99. The molecular weight excluding hydrogens is 202 g/mol. The summed E-state index contributed by atoms with van der Waals surface area (Å²) in [5.41, 5.74) is 0.452. The summed E-state index contributed by atoms with van der Waals surface area (Å²) in [6, 6.07) is 3.24. The third kappa shape index (κ3) is 2.37. The topological polar surface area (TPSA) is 41.5 Å². The number of aliphatic imine (C=N–C) groups is 1. The van der Waals surface area contributed by atoms with Crippen molar-refractivity contribution in [2.45, 2.75) is 6.42 Å². The van der Waals surface area contributed by atoms with E-state index in [0.29, 0.717) is 11.4 Å². The summed E-state index contributed by atoms with van der Waals surface area (Å²) in [7, 11) is 0. The summed E-state index contributed by atoms with van der Waals surface area (Å²) in [5, 5.41) is 2.51. The van der Waals surface area contributed by atoms with E-state index in [2.05, 4.69) is 10.3 Å². The first kappa shape index (κ1) is 9.76. The van der Waals surface area contributed by atoms with Gasteiger partial charge in [0.15, 0.2) is 0 Å². The van der Waals surface area contributed by atoms with Crippen molar-refractivity contribution in [1.82, 2.24) is 5.32 Å². The molecule has 15 heavy (non-hydrogen) atoms. The Bertz CT molecular complexity index is 423. The molecule has 0 unspecified atom stereocenters. The maximum atomic E-state index is 12.8. The van der Waals surface area contributed by atoms with Crippen molar-refractivity contribution in [2.75, 3.05) is 6.54 Å². The Kier molecular flexibility index (Phi) is 2.45. The Morgan fingerprint density at radius 1 is 1.27 bits per heavy atom. The van der Waals surface area contributed by atoms with Gasteiger partial charge >= 0.3 is 0 Å². The first-order valence-corrected chi connectivity index (χ1v) is 4.41. The molecule has 1 amide bonds. The molecule has 0 spiro atoms. The van der Waals surface area contributed by atoms with E-state index in [1.54, 1.807) is 0 Å². The van der Waals surface area contributed by atoms with Crippen molar-refractivity contribution >= 4 is 11.7 Å². The number of nitrogens with one attached hydrogen (secondary N) is 1. The van der Waals surface area contributed by atoms with Gasteiger partial charge in [0.25, 0.3) is 0 Å². The van der Waals surface area contributed by atoms with Crippen molar-refractivity contribution < 1.29 is 13.6 Å². The van der Waals surface area contributed by atoms with Gasteiger partial charge < -0.3 is 5.32 Å². The van der Waals surface area contributed by atoms with E-state index in [-0.39, 0.29) is 18.9 Å². The highest BCUT2D eigenvalue weighted by atomic mass is 19.1. The van der Waals surface area contributed by atoms with Gasteiger partial charge in [-0.05, 0) is 17.7 Å². The van der Waals surface area contributed by atoms with Crippen LogP contribution in [0.5, 0.6) is 0 Å². The first-order valence-electron chi connectivity index (χ1n) is 4.41. The van der Waals surface area contributed by atoms with Crippen LogP contribution in [-0.4, -0.2) is 18.3 Å². The quantitative estimate of drug-likeness (QED) is 0.778. The van der Waals surface area contributed by atoms with Gasteiger partial charge in [-0.1, -0.05) is 0 Å². The molecule has 1 N–H and O–H groups in total. The van der Waals surface area contributed by atoms with Crippen LogP contribution < -0.4 is 5.32 Å². The van der Waals surface area contributed by atoms with Gasteiger partial charge in [-0.15, -0.1) is 0 Å². The van der Waals surface area contributed by atoms with E-state index < -0.39 is 11.6 Å². The standard InChI is InChI=1S/C10H8F2N2O/c11-7-1-6(2-8(12)4-7)3-9-13-5-10(15)14-9/h1-2,4H,3,5H2,(H,13,14,15). The highest BCUT2D eigenvalue weighted by molar-refractivity contribution is 6.04. The van der Waals surface area contributed by atoms with E-state index in [1.165, 1.54) is 12.1 Å². The van der Waals surface area contributed by atoms with Gasteiger partial charge in [0, 0.05) is 12.5 Å². The molecule has 0 saturated heterocycles. The fraction of sp³-hybridized carbons (Fsp3) is 0.200. The lowest BCUT2D eigenvalue weighted by Gasteiger charge is -2.02. The van der Waals surface area contributed by atoms with Crippen LogP contribution in [0.3, 0.4) is 0 Å². The molecule has 1 aromatic carbocycles. The van der Waals surface area contributed by atoms with Gasteiger partial charge in [0.1, 0.15) is 24.0 Å². The SMILES string of the molecule is O=C1CN=C(Cc2cc(F)cc(F)c2)N1. The van der Waals surface area contributed by atoms with Gasteiger partial charge in [-0.25, -0.2) is 8.78 Å². The zero-order valence-corrected chi connectivity index (χ0v) is 7.76. The van der Waals surface area contributed by atoms with Crippen LogP contribution in [0.1, 0.15) is 5.56 Å². The number of benzene rings is 1. The number of carbonyl (C=O) groups is 1. The smallest absolute Gasteiger partial charge is 0.247 e. The molecule has 0 fully saturated rings. The maximum Gasteiger partial charge on any atom is 0.247 e. The minimum Gasteiger partial charge on any atom is -0.313 e. The summed E-state index contributed by atoms with van der Waals surface area (Å²) in [6.07, 6.45) is 0.237.